The van der Waals surface area contributed by atoms with Crippen LogP contribution in [-0.2, 0) is 6.54 Å². The maximum Gasteiger partial charge on any atom is 0.201 e. The van der Waals surface area contributed by atoms with Gasteiger partial charge in [-0.1, -0.05) is 6.07 Å². The van der Waals surface area contributed by atoms with Gasteiger partial charge >= 0.3 is 0 Å². The fourth-order valence-corrected chi connectivity index (χ4v) is 1.75. The second-order valence-electron chi connectivity index (χ2n) is 3.96. The highest BCUT2D eigenvalue weighted by molar-refractivity contribution is 5.77. The lowest BCUT2D eigenvalue weighted by molar-refractivity contribution is 0.629. The molecule has 0 saturated carbocycles. The number of fused-ring (bicyclic) bond motifs is 1. The number of H-pyrrole nitrogens is 1. The number of aromatic nitrogens is 3. The molecule has 0 aliphatic rings. The average Bonchev–Trinajstić information content (AvgIpc) is 2.79. The van der Waals surface area contributed by atoms with E-state index in [1.807, 2.05) is 12.1 Å². The minimum atomic E-state index is -0.273. The Labute approximate surface area is 103 Å². The molecule has 2 N–H and O–H groups in total. The molecule has 0 aliphatic heterocycles. The van der Waals surface area contributed by atoms with E-state index in [1.165, 1.54) is 12.1 Å². The summed E-state index contributed by atoms with van der Waals surface area (Å²) in [5.74, 6) is 0.351. The van der Waals surface area contributed by atoms with Gasteiger partial charge < -0.3 is 10.3 Å². The Hall–Kier alpha value is -2.43. The summed E-state index contributed by atoms with van der Waals surface area (Å²) < 4.78 is 13.0. The topological polar surface area (TPSA) is 53.6 Å². The summed E-state index contributed by atoms with van der Waals surface area (Å²) in [7, 11) is 0. The van der Waals surface area contributed by atoms with E-state index in [1.54, 1.807) is 18.5 Å². The van der Waals surface area contributed by atoms with E-state index < -0.39 is 0 Å². The van der Waals surface area contributed by atoms with E-state index >= 15 is 0 Å². The van der Waals surface area contributed by atoms with Crippen LogP contribution in [0.5, 0.6) is 0 Å². The summed E-state index contributed by atoms with van der Waals surface area (Å²) in [5, 5.41) is 3.14. The molecule has 0 fully saturated rings. The Kier molecular flexibility index (Phi) is 2.64. The first-order chi connectivity index (χ1) is 8.81. The summed E-state index contributed by atoms with van der Waals surface area (Å²) in [5.41, 5.74) is 2.48. The molecule has 1 aromatic carbocycles. The standard InChI is InChI=1S/C13H11FN4/c14-10-3-4-11-12(6-10)18-13(17-11)16-8-9-2-1-5-15-7-9/h1-7H,8H2,(H2,16,17,18). The zero-order valence-corrected chi connectivity index (χ0v) is 9.52. The van der Waals surface area contributed by atoms with Crippen LogP contribution in [0.2, 0.25) is 0 Å². The number of rotatable bonds is 3. The van der Waals surface area contributed by atoms with Gasteiger partial charge in [0, 0.05) is 18.9 Å². The van der Waals surface area contributed by atoms with Crippen molar-refractivity contribution in [1.29, 1.82) is 0 Å². The summed E-state index contributed by atoms with van der Waals surface area (Å²) >= 11 is 0. The molecule has 0 radical (unpaired) electrons. The molecular weight excluding hydrogens is 231 g/mol. The highest BCUT2D eigenvalue weighted by Crippen LogP contribution is 2.15. The van der Waals surface area contributed by atoms with Crippen molar-refractivity contribution in [3.8, 4) is 0 Å². The van der Waals surface area contributed by atoms with Crippen LogP contribution < -0.4 is 5.32 Å². The number of aromatic amines is 1. The van der Waals surface area contributed by atoms with Crippen LogP contribution in [0.3, 0.4) is 0 Å². The molecule has 0 aliphatic carbocycles. The van der Waals surface area contributed by atoms with Crippen molar-refractivity contribution >= 4 is 17.0 Å². The molecular formula is C13H11FN4. The number of hydrogen-bond acceptors (Lipinski definition) is 3. The van der Waals surface area contributed by atoms with Gasteiger partial charge in [0.25, 0.3) is 0 Å². The number of pyridine rings is 1. The van der Waals surface area contributed by atoms with Crippen LogP contribution in [0, 0.1) is 5.82 Å². The van der Waals surface area contributed by atoms with Crippen LogP contribution in [0.25, 0.3) is 11.0 Å². The van der Waals surface area contributed by atoms with Gasteiger partial charge in [-0.25, -0.2) is 9.37 Å². The van der Waals surface area contributed by atoms with E-state index in [0.717, 1.165) is 11.1 Å². The molecule has 0 spiro atoms. The fraction of sp³-hybridized carbons (Fsp3) is 0.0769. The van der Waals surface area contributed by atoms with E-state index in [2.05, 4.69) is 20.3 Å². The maximum atomic E-state index is 13.0. The molecule has 0 unspecified atom stereocenters. The highest BCUT2D eigenvalue weighted by Gasteiger charge is 2.03. The van der Waals surface area contributed by atoms with E-state index in [-0.39, 0.29) is 5.82 Å². The lowest BCUT2D eigenvalue weighted by atomic mass is 10.3. The lowest BCUT2D eigenvalue weighted by Crippen LogP contribution is -2.00. The molecule has 0 atom stereocenters. The van der Waals surface area contributed by atoms with Crippen LogP contribution in [0.15, 0.2) is 42.7 Å². The third kappa shape index (κ3) is 2.15. The van der Waals surface area contributed by atoms with Crippen molar-refractivity contribution in [2.45, 2.75) is 6.54 Å². The molecule has 2 aromatic heterocycles. The van der Waals surface area contributed by atoms with E-state index in [9.17, 15) is 4.39 Å². The first kappa shape index (κ1) is 10.7. The van der Waals surface area contributed by atoms with Gasteiger partial charge in [0.1, 0.15) is 5.82 Å². The van der Waals surface area contributed by atoms with Crippen molar-refractivity contribution < 1.29 is 4.39 Å². The third-order valence-electron chi connectivity index (χ3n) is 2.63. The largest absolute Gasteiger partial charge is 0.352 e. The molecule has 0 saturated heterocycles. The molecule has 3 aromatic rings. The van der Waals surface area contributed by atoms with Crippen LogP contribution >= 0.6 is 0 Å². The van der Waals surface area contributed by atoms with Gasteiger partial charge in [-0.05, 0) is 29.8 Å². The normalized spacial score (nSPS) is 10.7. The zero-order valence-electron chi connectivity index (χ0n) is 9.52. The van der Waals surface area contributed by atoms with Crippen LogP contribution in [0.1, 0.15) is 5.56 Å². The van der Waals surface area contributed by atoms with Gasteiger partial charge in [0.2, 0.25) is 5.95 Å². The Morgan fingerprint density at radius 1 is 1.28 bits per heavy atom. The molecule has 5 heteroatoms. The summed E-state index contributed by atoms with van der Waals surface area (Å²) in [6, 6.07) is 8.33. The van der Waals surface area contributed by atoms with Crippen molar-refractivity contribution in [3.63, 3.8) is 0 Å². The molecule has 90 valence electrons. The fourth-order valence-electron chi connectivity index (χ4n) is 1.75. The Morgan fingerprint density at radius 3 is 3.06 bits per heavy atom. The monoisotopic (exact) mass is 242 g/mol. The number of halogens is 1. The minimum absolute atomic E-state index is 0.273. The summed E-state index contributed by atoms with van der Waals surface area (Å²) in [4.78, 5) is 11.4. The Balaban J connectivity index is 1.79. The number of imidazole rings is 1. The van der Waals surface area contributed by atoms with Crippen molar-refractivity contribution in [1.82, 2.24) is 15.0 Å². The number of nitrogens with one attached hydrogen (secondary N) is 2. The average molecular weight is 242 g/mol. The molecule has 0 amide bonds. The van der Waals surface area contributed by atoms with Crippen molar-refractivity contribution in [3.05, 3.63) is 54.1 Å². The molecule has 4 nitrogen and oxygen atoms in total. The van der Waals surface area contributed by atoms with Gasteiger partial charge in [-0.15, -0.1) is 0 Å². The lowest BCUT2D eigenvalue weighted by Gasteiger charge is -2.01. The van der Waals surface area contributed by atoms with E-state index in [0.29, 0.717) is 18.0 Å². The summed E-state index contributed by atoms with van der Waals surface area (Å²) in [6.07, 6.45) is 3.52. The first-order valence-electron chi connectivity index (χ1n) is 5.59. The quantitative estimate of drug-likeness (QED) is 0.742. The number of nitrogens with zero attached hydrogens (tertiary/aromatic N) is 2. The maximum absolute atomic E-state index is 13.0. The van der Waals surface area contributed by atoms with Gasteiger partial charge in [-0.3, -0.25) is 4.98 Å². The number of anilines is 1. The van der Waals surface area contributed by atoms with Crippen molar-refractivity contribution in [2.75, 3.05) is 5.32 Å². The van der Waals surface area contributed by atoms with Crippen molar-refractivity contribution in [2.24, 2.45) is 0 Å². The predicted molar refractivity (Wildman–Crippen MR) is 67.6 cm³/mol. The van der Waals surface area contributed by atoms with E-state index in [4.69, 9.17) is 0 Å². The first-order valence-corrected chi connectivity index (χ1v) is 5.59. The molecule has 2 heterocycles. The van der Waals surface area contributed by atoms with Crippen LogP contribution in [0.4, 0.5) is 10.3 Å². The summed E-state index contributed by atoms with van der Waals surface area (Å²) in [6.45, 7) is 0.621. The second kappa shape index (κ2) is 4.44. The van der Waals surface area contributed by atoms with Gasteiger partial charge in [0.15, 0.2) is 0 Å². The Bertz CT molecular complexity index is 663. The predicted octanol–water partition coefficient (Wildman–Crippen LogP) is 2.71. The SMILES string of the molecule is Fc1ccc2nc(NCc3cccnc3)[nH]c2c1. The van der Waals surface area contributed by atoms with Crippen LogP contribution in [-0.4, -0.2) is 15.0 Å². The number of hydrogen-bond donors (Lipinski definition) is 2. The zero-order chi connectivity index (χ0) is 12.4. The molecule has 0 bridgehead atoms. The second-order valence-corrected chi connectivity index (χ2v) is 3.96. The third-order valence-corrected chi connectivity index (χ3v) is 2.63. The Morgan fingerprint density at radius 2 is 2.22 bits per heavy atom. The van der Waals surface area contributed by atoms with Gasteiger partial charge in [0.05, 0.1) is 11.0 Å². The highest BCUT2D eigenvalue weighted by atomic mass is 19.1. The minimum Gasteiger partial charge on any atom is -0.352 e. The van der Waals surface area contributed by atoms with Gasteiger partial charge in [-0.2, -0.15) is 0 Å². The molecule has 3 rings (SSSR count). The smallest absolute Gasteiger partial charge is 0.201 e. The molecule has 18 heavy (non-hydrogen) atoms. The number of benzene rings is 1.